The standard InChI is InChI=1S/C19H21NO4/c1-20-17(19(22)24-14-16-10-6-3-7-11-16)12-18(21)23-13-15-8-4-2-5-9-15/h2-11,17,20H,12-14H2,1H3/t17-/m0/s1. The molecule has 1 atom stereocenters. The van der Waals surface area contributed by atoms with Gasteiger partial charge in [-0.15, -0.1) is 0 Å². The average molecular weight is 327 g/mol. The molecule has 1 N–H and O–H groups in total. The SMILES string of the molecule is CN[C@@H](CC(=O)OCc1ccccc1)C(=O)OCc1ccccc1. The van der Waals surface area contributed by atoms with Gasteiger partial charge in [-0.2, -0.15) is 0 Å². The molecule has 0 heterocycles. The summed E-state index contributed by atoms with van der Waals surface area (Å²) in [7, 11) is 1.61. The molecule has 0 aliphatic carbocycles. The van der Waals surface area contributed by atoms with Crippen LogP contribution in [0.2, 0.25) is 0 Å². The molecule has 2 aromatic carbocycles. The Morgan fingerprint density at radius 3 is 1.88 bits per heavy atom. The van der Waals surface area contributed by atoms with E-state index in [4.69, 9.17) is 9.47 Å². The van der Waals surface area contributed by atoms with Crippen molar-refractivity contribution in [3.05, 3.63) is 71.8 Å². The smallest absolute Gasteiger partial charge is 0.324 e. The second-order valence-corrected chi connectivity index (χ2v) is 5.28. The van der Waals surface area contributed by atoms with Gasteiger partial charge < -0.3 is 14.8 Å². The zero-order chi connectivity index (χ0) is 17.2. The van der Waals surface area contributed by atoms with Crippen molar-refractivity contribution in [2.75, 3.05) is 7.05 Å². The number of esters is 2. The highest BCUT2D eigenvalue weighted by Crippen LogP contribution is 2.06. The van der Waals surface area contributed by atoms with Crippen LogP contribution < -0.4 is 5.32 Å². The molecule has 0 unspecified atom stereocenters. The van der Waals surface area contributed by atoms with Gasteiger partial charge in [-0.1, -0.05) is 60.7 Å². The molecule has 126 valence electrons. The highest BCUT2D eigenvalue weighted by molar-refractivity contribution is 5.82. The van der Waals surface area contributed by atoms with Crippen molar-refractivity contribution in [3.63, 3.8) is 0 Å². The van der Waals surface area contributed by atoms with Crippen LogP contribution in [0.3, 0.4) is 0 Å². The number of hydrogen-bond donors (Lipinski definition) is 1. The maximum absolute atomic E-state index is 12.1. The summed E-state index contributed by atoms with van der Waals surface area (Å²) in [4.78, 5) is 24.0. The van der Waals surface area contributed by atoms with Gasteiger partial charge in [-0.3, -0.25) is 9.59 Å². The zero-order valence-corrected chi connectivity index (χ0v) is 13.6. The van der Waals surface area contributed by atoms with E-state index in [1.807, 2.05) is 60.7 Å². The lowest BCUT2D eigenvalue weighted by Crippen LogP contribution is -2.37. The Morgan fingerprint density at radius 2 is 1.38 bits per heavy atom. The summed E-state index contributed by atoms with van der Waals surface area (Å²) in [6.45, 7) is 0.367. The van der Waals surface area contributed by atoms with E-state index in [-0.39, 0.29) is 19.6 Å². The monoisotopic (exact) mass is 327 g/mol. The number of rotatable bonds is 8. The number of ether oxygens (including phenoxy) is 2. The molecule has 0 aliphatic heterocycles. The Labute approximate surface area is 141 Å². The average Bonchev–Trinajstić information content (AvgIpc) is 2.64. The van der Waals surface area contributed by atoms with Crippen LogP contribution in [0.1, 0.15) is 17.5 Å². The molecule has 2 rings (SSSR count). The predicted molar refractivity (Wildman–Crippen MR) is 89.9 cm³/mol. The first-order valence-corrected chi connectivity index (χ1v) is 7.76. The Kier molecular flexibility index (Phi) is 6.98. The number of carbonyl (C=O) groups is 2. The van der Waals surface area contributed by atoms with Crippen LogP contribution in [0.4, 0.5) is 0 Å². The van der Waals surface area contributed by atoms with Crippen LogP contribution in [-0.2, 0) is 32.3 Å². The third kappa shape index (κ3) is 5.85. The third-order valence-electron chi connectivity index (χ3n) is 3.47. The van der Waals surface area contributed by atoms with Crippen LogP contribution in [0.25, 0.3) is 0 Å². The number of carbonyl (C=O) groups excluding carboxylic acids is 2. The maximum atomic E-state index is 12.1. The summed E-state index contributed by atoms with van der Waals surface area (Å²) in [5.74, 6) is -0.923. The molecular formula is C19H21NO4. The first-order chi connectivity index (χ1) is 11.7. The van der Waals surface area contributed by atoms with Crippen LogP contribution in [0.5, 0.6) is 0 Å². The number of hydrogen-bond acceptors (Lipinski definition) is 5. The first kappa shape index (κ1) is 17.7. The Balaban J connectivity index is 1.77. The van der Waals surface area contributed by atoms with Gasteiger partial charge in [-0.25, -0.2) is 0 Å². The van der Waals surface area contributed by atoms with E-state index in [9.17, 15) is 9.59 Å². The normalized spacial score (nSPS) is 11.5. The summed E-state index contributed by atoms with van der Waals surface area (Å²) < 4.78 is 10.4. The molecule has 0 fully saturated rings. The summed E-state index contributed by atoms with van der Waals surface area (Å²) in [6.07, 6.45) is -0.0725. The van der Waals surface area contributed by atoms with E-state index in [1.165, 1.54) is 0 Å². The van der Waals surface area contributed by atoms with Gasteiger partial charge >= 0.3 is 11.9 Å². The molecule has 24 heavy (non-hydrogen) atoms. The van der Waals surface area contributed by atoms with Crippen molar-refractivity contribution >= 4 is 11.9 Å². The highest BCUT2D eigenvalue weighted by Gasteiger charge is 2.22. The van der Waals surface area contributed by atoms with E-state index in [0.717, 1.165) is 11.1 Å². The zero-order valence-electron chi connectivity index (χ0n) is 13.6. The number of nitrogens with one attached hydrogen (secondary N) is 1. The van der Waals surface area contributed by atoms with Gasteiger partial charge in [0.1, 0.15) is 19.3 Å². The van der Waals surface area contributed by atoms with Gasteiger partial charge in [0.2, 0.25) is 0 Å². The van der Waals surface area contributed by atoms with Crippen molar-refractivity contribution in [2.45, 2.75) is 25.7 Å². The Bertz CT molecular complexity index is 643. The topological polar surface area (TPSA) is 64.6 Å². The molecule has 0 amide bonds. The van der Waals surface area contributed by atoms with Crippen molar-refractivity contribution < 1.29 is 19.1 Å². The Morgan fingerprint density at radius 1 is 0.875 bits per heavy atom. The summed E-state index contributed by atoms with van der Waals surface area (Å²) >= 11 is 0. The van der Waals surface area contributed by atoms with Gasteiger partial charge in [0.25, 0.3) is 0 Å². The van der Waals surface area contributed by atoms with Gasteiger partial charge in [-0.05, 0) is 18.2 Å². The van der Waals surface area contributed by atoms with E-state index in [2.05, 4.69) is 5.32 Å². The summed E-state index contributed by atoms with van der Waals surface area (Å²) in [5.41, 5.74) is 1.80. The predicted octanol–water partition coefficient (Wildman–Crippen LogP) is 2.45. The minimum Gasteiger partial charge on any atom is -0.461 e. The summed E-state index contributed by atoms with van der Waals surface area (Å²) in [5, 5.41) is 2.79. The van der Waals surface area contributed by atoms with Gasteiger partial charge in [0.05, 0.1) is 6.42 Å². The third-order valence-corrected chi connectivity index (χ3v) is 3.47. The summed E-state index contributed by atoms with van der Waals surface area (Å²) in [6, 6.07) is 18.0. The quantitative estimate of drug-likeness (QED) is 0.755. The van der Waals surface area contributed by atoms with E-state index >= 15 is 0 Å². The lowest BCUT2D eigenvalue weighted by Gasteiger charge is -2.15. The number of likely N-dealkylation sites (N-methyl/N-ethyl adjacent to an activating group) is 1. The van der Waals surface area contributed by atoms with Crippen molar-refractivity contribution in [1.29, 1.82) is 0 Å². The van der Waals surface area contributed by atoms with E-state index < -0.39 is 18.0 Å². The van der Waals surface area contributed by atoms with Crippen LogP contribution >= 0.6 is 0 Å². The molecule has 0 spiro atoms. The Hall–Kier alpha value is -2.66. The maximum Gasteiger partial charge on any atom is 0.324 e. The lowest BCUT2D eigenvalue weighted by atomic mass is 10.2. The molecule has 2 aromatic rings. The molecule has 5 heteroatoms. The molecule has 0 aromatic heterocycles. The van der Waals surface area contributed by atoms with Crippen LogP contribution in [0, 0.1) is 0 Å². The molecule has 0 saturated heterocycles. The minimum atomic E-state index is -0.725. The largest absolute Gasteiger partial charge is 0.461 e. The van der Waals surface area contributed by atoms with Crippen molar-refractivity contribution in [3.8, 4) is 0 Å². The minimum absolute atomic E-state index is 0.0725. The second-order valence-electron chi connectivity index (χ2n) is 5.28. The molecule has 5 nitrogen and oxygen atoms in total. The van der Waals surface area contributed by atoms with Crippen LogP contribution in [-0.4, -0.2) is 25.0 Å². The van der Waals surface area contributed by atoms with Crippen molar-refractivity contribution in [2.24, 2.45) is 0 Å². The molecular weight excluding hydrogens is 306 g/mol. The highest BCUT2D eigenvalue weighted by atomic mass is 16.5. The lowest BCUT2D eigenvalue weighted by molar-refractivity contribution is -0.154. The molecule has 0 saturated carbocycles. The van der Waals surface area contributed by atoms with E-state index in [1.54, 1.807) is 7.05 Å². The second kappa shape index (κ2) is 9.47. The fourth-order valence-electron chi connectivity index (χ4n) is 2.10. The molecule has 0 bridgehead atoms. The van der Waals surface area contributed by atoms with Crippen molar-refractivity contribution in [1.82, 2.24) is 5.32 Å². The number of benzene rings is 2. The van der Waals surface area contributed by atoms with Gasteiger partial charge in [0, 0.05) is 0 Å². The fourth-order valence-corrected chi connectivity index (χ4v) is 2.10. The fraction of sp³-hybridized carbons (Fsp3) is 0.263. The van der Waals surface area contributed by atoms with E-state index in [0.29, 0.717) is 0 Å². The molecule has 0 aliphatic rings. The first-order valence-electron chi connectivity index (χ1n) is 7.76. The molecule has 0 radical (unpaired) electrons. The van der Waals surface area contributed by atoms with Crippen LogP contribution in [0.15, 0.2) is 60.7 Å². The van der Waals surface area contributed by atoms with Gasteiger partial charge in [0.15, 0.2) is 0 Å².